The molecule has 1 aromatic rings. The molecular formula is C17H25O6P. The summed E-state index contributed by atoms with van der Waals surface area (Å²) in [6, 6.07) is 7.46. The maximum absolute atomic E-state index is 6.13. The van der Waals surface area contributed by atoms with E-state index in [-0.39, 0.29) is 29.8 Å². The van der Waals surface area contributed by atoms with E-state index in [9.17, 15) is 0 Å². The number of benzene rings is 1. The zero-order valence-corrected chi connectivity index (χ0v) is 15.4. The van der Waals surface area contributed by atoms with Crippen LogP contribution in [-0.2, 0) is 18.9 Å². The van der Waals surface area contributed by atoms with Crippen molar-refractivity contribution >= 4 is 8.58 Å². The fraction of sp³-hybridized carbons (Fsp3) is 0.647. The smallest absolute Gasteiger partial charge is 0.227 e. The van der Waals surface area contributed by atoms with Gasteiger partial charge in [-0.3, -0.25) is 0 Å². The highest BCUT2D eigenvalue weighted by atomic mass is 31.1. The Hall–Kier alpha value is -0.910. The Balaban J connectivity index is 1.77. The third-order valence-electron chi connectivity index (χ3n) is 4.35. The molecule has 0 N–H and O–H groups in total. The summed E-state index contributed by atoms with van der Waals surface area (Å²) >= 11 is 0. The number of hydrogen-bond donors (Lipinski definition) is 0. The molecule has 6 nitrogen and oxygen atoms in total. The molecule has 134 valence electrons. The molecule has 2 fully saturated rings. The average molecular weight is 356 g/mol. The molecule has 2 aliphatic heterocycles. The van der Waals surface area contributed by atoms with Gasteiger partial charge in [-0.2, -0.15) is 0 Å². The van der Waals surface area contributed by atoms with E-state index in [0.29, 0.717) is 15.2 Å². The van der Waals surface area contributed by atoms with Gasteiger partial charge in [-0.25, -0.2) is 0 Å². The Bertz CT molecular complexity index is 524. The first kappa shape index (κ1) is 17.9. The second kappa shape index (κ2) is 7.98. The average Bonchev–Trinajstić information content (AvgIpc) is 2.98. The normalized spacial score (nSPS) is 36.5. The molecule has 2 heterocycles. The van der Waals surface area contributed by atoms with Gasteiger partial charge in [-0.1, -0.05) is 8.58 Å². The van der Waals surface area contributed by atoms with Gasteiger partial charge >= 0.3 is 0 Å². The van der Waals surface area contributed by atoms with Crippen molar-refractivity contribution in [2.75, 3.05) is 27.9 Å². The van der Waals surface area contributed by atoms with Crippen LogP contribution in [0.3, 0.4) is 0 Å². The zero-order valence-electron chi connectivity index (χ0n) is 14.4. The molecule has 7 heteroatoms. The molecule has 24 heavy (non-hydrogen) atoms. The standard InChI is InChI=1S/C17H25O6P/c1-10-21-15-16(24-10)14(20-4)13(9-18-2)23-17(15)22-12-7-5-11(19-3)6-8-12/h5-8,10,13-17,24H,9H2,1-4H3. The SMILES string of the molecule is COCC1OC(Oc2ccc(OC)cc2)C2OC(C)PC2C1OC. The summed E-state index contributed by atoms with van der Waals surface area (Å²) in [5.74, 6) is 1.69. The molecular weight excluding hydrogens is 331 g/mol. The fourth-order valence-electron chi connectivity index (χ4n) is 3.28. The highest BCUT2D eigenvalue weighted by molar-refractivity contribution is 7.40. The topological polar surface area (TPSA) is 55.4 Å². The van der Waals surface area contributed by atoms with Gasteiger partial charge in [0.2, 0.25) is 6.29 Å². The molecule has 0 bridgehead atoms. The van der Waals surface area contributed by atoms with E-state index in [1.807, 2.05) is 24.3 Å². The van der Waals surface area contributed by atoms with E-state index in [2.05, 4.69) is 6.92 Å². The molecule has 2 saturated heterocycles. The first-order valence-electron chi connectivity index (χ1n) is 8.05. The molecule has 0 radical (unpaired) electrons. The third kappa shape index (κ3) is 3.68. The maximum Gasteiger partial charge on any atom is 0.227 e. The van der Waals surface area contributed by atoms with E-state index in [1.54, 1.807) is 21.3 Å². The lowest BCUT2D eigenvalue weighted by Crippen LogP contribution is -2.58. The minimum absolute atomic E-state index is 0.0473. The highest BCUT2D eigenvalue weighted by Crippen LogP contribution is 2.46. The Labute approximate surface area is 144 Å². The van der Waals surface area contributed by atoms with Crippen LogP contribution in [0.5, 0.6) is 11.5 Å². The summed E-state index contributed by atoms with van der Waals surface area (Å²) < 4.78 is 34.5. The molecule has 0 amide bonds. The van der Waals surface area contributed by atoms with Crippen LogP contribution in [0.1, 0.15) is 6.92 Å². The van der Waals surface area contributed by atoms with E-state index >= 15 is 0 Å². The monoisotopic (exact) mass is 356 g/mol. The molecule has 2 aliphatic rings. The summed E-state index contributed by atoms with van der Waals surface area (Å²) in [6.07, 6.45) is -0.842. The molecule has 0 aliphatic carbocycles. The van der Waals surface area contributed by atoms with Crippen LogP contribution in [0.4, 0.5) is 0 Å². The van der Waals surface area contributed by atoms with Gasteiger partial charge in [0.1, 0.15) is 23.7 Å². The van der Waals surface area contributed by atoms with Crippen LogP contribution < -0.4 is 9.47 Å². The van der Waals surface area contributed by atoms with Gasteiger partial charge in [0, 0.05) is 19.9 Å². The second-order valence-electron chi connectivity index (χ2n) is 5.93. The molecule has 3 rings (SSSR count). The first-order chi connectivity index (χ1) is 11.7. The third-order valence-corrected chi connectivity index (χ3v) is 6.00. The van der Waals surface area contributed by atoms with Crippen LogP contribution in [0.15, 0.2) is 24.3 Å². The van der Waals surface area contributed by atoms with Crippen molar-refractivity contribution in [1.29, 1.82) is 0 Å². The van der Waals surface area contributed by atoms with Crippen molar-refractivity contribution in [3.05, 3.63) is 24.3 Å². The van der Waals surface area contributed by atoms with Gasteiger partial charge in [0.25, 0.3) is 0 Å². The van der Waals surface area contributed by atoms with Crippen LogP contribution in [-0.4, -0.2) is 64.0 Å². The van der Waals surface area contributed by atoms with E-state index in [0.717, 1.165) is 11.5 Å². The van der Waals surface area contributed by atoms with Crippen molar-refractivity contribution < 1.29 is 28.4 Å². The molecule has 0 spiro atoms. The molecule has 0 saturated carbocycles. The Morgan fingerprint density at radius 1 is 1.04 bits per heavy atom. The van der Waals surface area contributed by atoms with Gasteiger partial charge in [-0.15, -0.1) is 0 Å². The fourth-order valence-corrected chi connectivity index (χ4v) is 5.02. The summed E-state index contributed by atoms with van der Waals surface area (Å²) in [5, 5.41) is 0. The summed E-state index contributed by atoms with van der Waals surface area (Å²) in [7, 11) is 5.67. The van der Waals surface area contributed by atoms with Crippen LogP contribution in [0, 0.1) is 0 Å². The van der Waals surface area contributed by atoms with Crippen molar-refractivity contribution in [3.63, 3.8) is 0 Å². The van der Waals surface area contributed by atoms with E-state index < -0.39 is 6.29 Å². The van der Waals surface area contributed by atoms with Crippen molar-refractivity contribution in [3.8, 4) is 11.5 Å². The molecule has 0 aromatic heterocycles. The van der Waals surface area contributed by atoms with Crippen LogP contribution in [0.25, 0.3) is 0 Å². The van der Waals surface area contributed by atoms with E-state index in [4.69, 9.17) is 28.4 Å². The van der Waals surface area contributed by atoms with Crippen molar-refractivity contribution in [1.82, 2.24) is 0 Å². The Morgan fingerprint density at radius 2 is 1.75 bits per heavy atom. The molecule has 1 aromatic carbocycles. The molecule has 7 atom stereocenters. The number of fused-ring (bicyclic) bond motifs is 1. The van der Waals surface area contributed by atoms with Gasteiger partial charge in [0.05, 0.1) is 25.7 Å². The summed E-state index contributed by atoms with van der Waals surface area (Å²) in [5.41, 5.74) is 0.252. The summed E-state index contributed by atoms with van der Waals surface area (Å²) in [4.78, 5) is 0. The number of rotatable bonds is 6. The van der Waals surface area contributed by atoms with Gasteiger partial charge in [-0.05, 0) is 31.2 Å². The molecule has 7 unspecified atom stereocenters. The second-order valence-corrected chi connectivity index (χ2v) is 7.74. The van der Waals surface area contributed by atoms with Crippen molar-refractivity contribution in [2.45, 2.75) is 43.0 Å². The summed E-state index contributed by atoms with van der Waals surface area (Å²) in [6.45, 7) is 2.54. The quantitative estimate of drug-likeness (QED) is 0.729. The largest absolute Gasteiger partial charge is 0.497 e. The predicted molar refractivity (Wildman–Crippen MR) is 91.4 cm³/mol. The van der Waals surface area contributed by atoms with Gasteiger partial charge in [0.15, 0.2) is 0 Å². The van der Waals surface area contributed by atoms with E-state index in [1.165, 1.54) is 0 Å². The Morgan fingerprint density at radius 3 is 2.38 bits per heavy atom. The zero-order chi connectivity index (χ0) is 17.1. The number of hydrogen-bond acceptors (Lipinski definition) is 6. The lowest BCUT2D eigenvalue weighted by molar-refractivity contribution is -0.248. The number of methoxy groups -OCH3 is 3. The number of ether oxygens (including phenoxy) is 6. The lowest BCUT2D eigenvalue weighted by Gasteiger charge is -2.42. The van der Waals surface area contributed by atoms with Gasteiger partial charge < -0.3 is 28.4 Å². The lowest BCUT2D eigenvalue weighted by atomic mass is 10.0. The predicted octanol–water partition coefficient (Wildman–Crippen LogP) is 2.25. The van der Waals surface area contributed by atoms with Crippen molar-refractivity contribution in [2.24, 2.45) is 0 Å². The minimum Gasteiger partial charge on any atom is -0.497 e. The highest BCUT2D eigenvalue weighted by Gasteiger charge is 2.52. The maximum atomic E-state index is 6.13. The first-order valence-corrected chi connectivity index (χ1v) is 9.21. The van der Waals surface area contributed by atoms with Crippen LogP contribution >= 0.6 is 8.58 Å². The minimum atomic E-state index is -0.479. The van der Waals surface area contributed by atoms with Crippen LogP contribution in [0.2, 0.25) is 0 Å². The Kier molecular flexibility index (Phi) is 5.95.